The number of ether oxygens (including phenoxy) is 3. The third kappa shape index (κ3) is 6.82. The van der Waals surface area contributed by atoms with E-state index in [2.05, 4.69) is 24.4 Å². The molecular weight excluding hydrogens is 564 g/mol. The molecule has 44 heavy (non-hydrogen) atoms. The topological polar surface area (TPSA) is 130 Å². The lowest BCUT2D eigenvalue weighted by Gasteiger charge is -2.59. The Hall–Kier alpha value is -3.34. The van der Waals surface area contributed by atoms with E-state index in [1.807, 2.05) is 0 Å². The molecule has 1 fully saturated rings. The van der Waals surface area contributed by atoms with Crippen LogP contribution in [0, 0.1) is 17.8 Å². The van der Waals surface area contributed by atoms with Gasteiger partial charge in [-0.25, -0.2) is 4.79 Å². The minimum atomic E-state index is -1.33. The van der Waals surface area contributed by atoms with Gasteiger partial charge in [-0.3, -0.25) is 0 Å². The van der Waals surface area contributed by atoms with Crippen molar-refractivity contribution in [2.75, 3.05) is 40.6 Å². The highest BCUT2D eigenvalue weighted by atomic mass is 16.7. The summed E-state index contributed by atoms with van der Waals surface area (Å²) in [5, 5.41) is 34.4. The average molecular weight is 613 g/mol. The van der Waals surface area contributed by atoms with E-state index < -0.39 is 23.8 Å². The molecule has 10 nitrogen and oxygen atoms in total. The van der Waals surface area contributed by atoms with Crippen LogP contribution in [-0.4, -0.2) is 84.4 Å². The van der Waals surface area contributed by atoms with Crippen molar-refractivity contribution in [3.8, 4) is 11.5 Å². The number of benzene rings is 1. The Balaban J connectivity index is 1.94. The van der Waals surface area contributed by atoms with Crippen LogP contribution in [0.5, 0.6) is 11.5 Å². The van der Waals surface area contributed by atoms with Gasteiger partial charge in [0.1, 0.15) is 24.7 Å². The zero-order chi connectivity index (χ0) is 31.7. The second-order valence-corrected chi connectivity index (χ2v) is 11.8. The van der Waals surface area contributed by atoms with Gasteiger partial charge < -0.3 is 39.3 Å². The number of oxime groups is 1. The third-order valence-corrected chi connectivity index (χ3v) is 9.16. The predicted molar refractivity (Wildman–Crippen MR) is 168 cm³/mol. The molecule has 1 amide bonds. The number of nitrogens with zero attached hydrogens (tertiary/aromatic N) is 2. The first-order chi connectivity index (χ1) is 21.4. The summed E-state index contributed by atoms with van der Waals surface area (Å²) in [5.74, 6) is -0.987. The van der Waals surface area contributed by atoms with Crippen LogP contribution >= 0.6 is 0 Å². The van der Waals surface area contributed by atoms with Gasteiger partial charge in [-0.1, -0.05) is 36.2 Å². The van der Waals surface area contributed by atoms with Crippen LogP contribution in [0.25, 0.3) is 0 Å². The Bertz CT molecular complexity index is 1220. The predicted octanol–water partition coefficient (Wildman–Crippen LogP) is 5.30. The molecule has 1 aliphatic heterocycles. The van der Waals surface area contributed by atoms with Crippen molar-refractivity contribution in [3.05, 3.63) is 60.7 Å². The van der Waals surface area contributed by atoms with E-state index in [4.69, 9.17) is 19.0 Å². The Kier molecular flexibility index (Phi) is 11.9. The standard InChI is InChI=1S/C34H48N2O8/c1-5-7-19-42-33(40)36(3)30-22-28(35-41-4)26-20-23(12-8-10-16-37)25(13-9-11-17-38)31-27-21-24(39)14-15-29(27)44-34(30,32(26)31)43-18-6-2/h5-6,14-15,20-21,23,25,30-32,37-39H,1-2,7-13,16-19,22H2,3-4H3. The smallest absolute Gasteiger partial charge is 0.409 e. The Morgan fingerprint density at radius 3 is 2.59 bits per heavy atom. The van der Waals surface area contributed by atoms with Gasteiger partial charge in [0.25, 0.3) is 0 Å². The molecule has 10 heteroatoms. The Labute approximate surface area is 260 Å². The number of allylic oxidation sites excluding steroid dienone is 1. The monoisotopic (exact) mass is 612 g/mol. The quantitative estimate of drug-likeness (QED) is 0.130. The second kappa shape index (κ2) is 15.6. The second-order valence-electron chi connectivity index (χ2n) is 11.8. The van der Waals surface area contributed by atoms with Gasteiger partial charge in [0.15, 0.2) is 0 Å². The van der Waals surface area contributed by atoms with Gasteiger partial charge in [-0.05, 0) is 67.7 Å². The molecule has 0 bridgehead atoms. The maximum absolute atomic E-state index is 13.4. The molecular formula is C34H48N2O8. The third-order valence-electron chi connectivity index (χ3n) is 9.16. The molecule has 6 unspecified atom stereocenters. The molecule has 0 aromatic heterocycles. The van der Waals surface area contributed by atoms with Crippen LogP contribution in [0.15, 0.2) is 60.3 Å². The number of hydrogen-bond acceptors (Lipinski definition) is 9. The minimum absolute atomic E-state index is 0.0949. The SMILES string of the molecule is C=CCCOC(=O)N(C)C1CC(=NOC)C2=CC(CCCCO)C(CCCCO)C3c4cc(O)ccc4OC1(OCC=C)C23. The van der Waals surface area contributed by atoms with Crippen LogP contribution in [0.3, 0.4) is 0 Å². The van der Waals surface area contributed by atoms with Gasteiger partial charge in [0.05, 0.1) is 24.8 Å². The van der Waals surface area contributed by atoms with Gasteiger partial charge in [0.2, 0.25) is 5.79 Å². The number of carbonyl (C=O) groups is 1. The molecule has 4 rings (SSSR count). The zero-order valence-electron chi connectivity index (χ0n) is 26.0. The first kappa shape index (κ1) is 33.6. The van der Waals surface area contributed by atoms with Gasteiger partial charge in [-0.2, -0.15) is 0 Å². The van der Waals surface area contributed by atoms with E-state index in [0.29, 0.717) is 37.1 Å². The fraction of sp³-hybridized carbons (Fsp3) is 0.588. The Morgan fingerprint density at radius 2 is 1.91 bits per heavy atom. The fourth-order valence-corrected chi connectivity index (χ4v) is 7.31. The zero-order valence-corrected chi connectivity index (χ0v) is 26.0. The number of phenols is 1. The van der Waals surface area contributed by atoms with E-state index >= 15 is 0 Å². The number of unbranched alkanes of at least 4 members (excludes halogenated alkanes) is 2. The normalized spacial score (nSPS) is 27.8. The van der Waals surface area contributed by atoms with Gasteiger partial charge in [0, 0.05) is 38.2 Å². The number of hydrogen-bond donors (Lipinski definition) is 3. The van der Waals surface area contributed by atoms with Crippen molar-refractivity contribution in [1.82, 2.24) is 4.90 Å². The largest absolute Gasteiger partial charge is 0.508 e. The maximum Gasteiger partial charge on any atom is 0.409 e. The number of phenolic OH excluding ortho intramolecular Hbond substituents is 1. The summed E-state index contributed by atoms with van der Waals surface area (Å²) in [4.78, 5) is 20.3. The molecule has 1 aromatic carbocycles. The van der Waals surface area contributed by atoms with Gasteiger partial charge in [-0.15, -0.1) is 13.2 Å². The van der Waals surface area contributed by atoms with Crippen LogP contribution in [0.2, 0.25) is 0 Å². The molecule has 0 spiro atoms. The molecule has 242 valence electrons. The van der Waals surface area contributed by atoms with Gasteiger partial charge >= 0.3 is 6.09 Å². The van der Waals surface area contributed by atoms with Crippen molar-refractivity contribution in [3.63, 3.8) is 0 Å². The Morgan fingerprint density at radius 1 is 1.16 bits per heavy atom. The number of aliphatic hydroxyl groups is 2. The number of likely N-dealkylation sites (N-methyl/N-ethyl adjacent to an activating group) is 1. The van der Waals surface area contributed by atoms with Crippen LogP contribution < -0.4 is 4.74 Å². The van der Waals surface area contributed by atoms with Crippen LogP contribution in [-0.2, 0) is 14.3 Å². The van der Waals surface area contributed by atoms with Crippen molar-refractivity contribution in [2.24, 2.45) is 22.9 Å². The lowest BCUT2D eigenvalue weighted by Crippen LogP contribution is -2.69. The summed E-state index contributed by atoms with van der Waals surface area (Å²) in [6.45, 7) is 8.21. The van der Waals surface area contributed by atoms with E-state index in [9.17, 15) is 20.1 Å². The first-order valence-corrected chi connectivity index (χ1v) is 15.7. The molecule has 2 aliphatic carbocycles. The summed E-state index contributed by atoms with van der Waals surface area (Å²) >= 11 is 0. The molecule has 1 heterocycles. The van der Waals surface area contributed by atoms with Crippen molar-refractivity contribution < 1.29 is 39.2 Å². The van der Waals surface area contributed by atoms with Crippen LogP contribution in [0.4, 0.5) is 4.79 Å². The highest BCUT2D eigenvalue weighted by molar-refractivity contribution is 6.02. The average Bonchev–Trinajstić information content (AvgIpc) is 3.02. The molecule has 1 saturated carbocycles. The number of aromatic hydroxyl groups is 1. The maximum atomic E-state index is 13.4. The first-order valence-electron chi connectivity index (χ1n) is 15.7. The van der Waals surface area contributed by atoms with E-state index in [-0.39, 0.29) is 49.9 Å². The minimum Gasteiger partial charge on any atom is -0.508 e. The molecule has 0 saturated heterocycles. The van der Waals surface area contributed by atoms with E-state index in [1.54, 1.807) is 37.4 Å². The number of fused-ring (bicyclic) bond motifs is 2. The number of rotatable bonds is 16. The summed E-state index contributed by atoms with van der Waals surface area (Å²) in [6.07, 6.45) is 10.6. The lowest BCUT2D eigenvalue weighted by molar-refractivity contribution is -0.253. The lowest BCUT2D eigenvalue weighted by atomic mass is 9.55. The number of aliphatic hydroxyl groups excluding tert-OH is 2. The summed E-state index contributed by atoms with van der Waals surface area (Å²) < 4.78 is 19.2. The number of amides is 1. The molecule has 3 aliphatic rings. The van der Waals surface area contributed by atoms with Crippen molar-refractivity contribution >= 4 is 11.8 Å². The molecule has 1 aromatic rings. The summed E-state index contributed by atoms with van der Waals surface area (Å²) in [6, 6.07) is 4.49. The highest BCUT2D eigenvalue weighted by Crippen LogP contribution is 2.61. The molecule has 0 radical (unpaired) electrons. The summed E-state index contributed by atoms with van der Waals surface area (Å²) in [7, 11) is 3.19. The molecule has 6 atom stereocenters. The summed E-state index contributed by atoms with van der Waals surface area (Å²) in [5.41, 5.74) is 2.50. The fourth-order valence-electron chi connectivity index (χ4n) is 7.31. The van der Waals surface area contributed by atoms with Crippen LogP contribution in [0.1, 0.15) is 62.8 Å². The van der Waals surface area contributed by atoms with Crippen molar-refractivity contribution in [1.29, 1.82) is 0 Å². The van der Waals surface area contributed by atoms with E-state index in [1.165, 1.54) is 12.0 Å². The molecule has 3 N–H and O–H groups in total. The number of carbonyl (C=O) groups excluding carboxylic acids is 1. The highest BCUT2D eigenvalue weighted by Gasteiger charge is 2.65. The van der Waals surface area contributed by atoms with E-state index in [0.717, 1.165) is 36.8 Å². The van der Waals surface area contributed by atoms with Crippen molar-refractivity contribution in [2.45, 2.75) is 69.1 Å².